The zero-order valence-corrected chi connectivity index (χ0v) is 10.4. The number of amides is 2. The lowest BCUT2D eigenvalue weighted by atomic mass is 10.0. The van der Waals surface area contributed by atoms with Crippen LogP contribution in [0.25, 0.3) is 0 Å². The van der Waals surface area contributed by atoms with Gasteiger partial charge in [-0.05, 0) is 39.7 Å². The van der Waals surface area contributed by atoms with Gasteiger partial charge in [-0.1, -0.05) is 0 Å². The molecule has 1 atom stereocenters. The summed E-state index contributed by atoms with van der Waals surface area (Å²) in [6.07, 6.45) is 3.49. The van der Waals surface area contributed by atoms with Crippen LogP contribution in [0.1, 0.15) is 33.1 Å². The maximum atomic E-state index is 11.8. The van der Waals surface area contributed by atoms with Crippen molar-refractivity contribution in [1.82, 2.24) is 15.1 Å². The maximum Gasteiger partial charge on any atom is 0.317 e. The van der Waals surface area contributed by atoms with E-state index in [9.17, 15) is 4.79 Å². The van der Waals surface area contributed by atoms with Crippen LogP contribution in [0.3, 0.4) is 0 Å². The Bertz CT molecular complexity index is 251. The molecule has 1 unspecified atom stereocenters. The maximum absolute atomic E-state index is 11.8. The van der Waals surface area contributed by atoms with E-state index in [4.69, 9.17) is 0 Å². The van der Waals surface area contributed by atoms with Crippen LogP contribution < -0.4 is 5.32 Å². The highest BCUT2D eigenvalue weighted by Crippen LogP contribution is 2.14. The predicted molar refractivity (Wildman–Crippen MR) is 64.5 cm³/mol. The minimum Gasteiger partial charge on any atom is -0.334 e. The molecule has 0 aliphatic carbocycles. The average molecular weight is 225 g/mol. The summed E-state index contributed by atoms with van der Waals surface area (Å²) in [5, 5.41) is 3.15. The van der Waals surface area contributed by atoms with Crippen molar-refractivity contribution in [3.63, 3.8) is 0 Å². The second-order valence-electron chi connectivity index (χ2n) is 5.22. The summed E-state index contributed by atoms with van der Waals surface area (Å²) < 4.78 is 0. The second-order valence-corrected chi connectivity index (χ2v) is 5.22. The van der Waals surface area contributed by atoms with Gasteiger partial charge in [-0.15, -0.1) is 0 Å². The highest BCUT2D eigenvalue weighted by atomic mass is 16.2. The van der Waals surface area contributed by atoms with E-state index in [0.29, 0.717) is 12.1 Å². The molecule has 0 aromatic rings. The van der Waals surface area contributed by atoms with Crippen LogP contribution in [-0.4, -0.2) is 54.1 Å². The first-order valence-corrected chi connectivity index (χ1v) is 6.46. The summed E-state index contributed by atoms with van der Waals surface area (Å²) >= 11 is 0. The molecule has 0 saturated carbocycles. The molecule has 0 aromatic heterocycles. The van der Waals surface area contributed by atoms with Gasteiger partial charge in [0.15, 0.2) is 0 Å². The highest BCUT2D eigenvalue weighted by Gasteiger charge is 2.26. The first kappa shape index (κ1) is 11.7. The van der Waals surface area contributed by atoms with Gasteiger partial charge in [0.05, 0.1) is 0 Å². The smallest absolute Gasteiger partial charge is 0.317 e. The molecule has 0 spiro atoms. The van der Waals surface area contributed by atoms with Crippen LogP contribution in [0.5, 0.6) is 0 Å². The fraction of sp³-hybridized carbons (Fsp3) is 0.917. The van der Waals surface area contributed by atoms with Crippen molar-refractivity contribution < 1.29 is 4.79 Å². The van der Waals surface area contributed by atoms with Gasteiger partial charge in [0.25, 0.3) is 0 Å². The van der Waals surface area contributed by atoms with Gasteiger partial charge in [-0.2, -0.15) is 0 Å². The predicted octanol–water partition coefficient (Wildman–Crippen LogP) is 1.27. The fourth-order valence-corrected chi connectivity index (χ4v) is 2.38. The topological polar surface area (TPSA) is 35.6 Å². The van der Waals surface area contributed by atoms with Gasteiger partial charge >= 0.3 is 6.03 Å². The molecule has 4 nitrogen and oxygen atoms in total. The van der Waals surface area contributed by atoms with Crippen LogP contribution in [0.2, 0.25) is 0 Å². The Balaban J connectivity index is 1.78. The Hall–Kier alpha value is -0.770. The fourth-order valence-electron chi connectivity index (χ4n) is 2.38. The molecule has 4 heteroatoms. The molecule has 2 saturated heterocycles. The molecule has 92 valence electrons. The lowest BCUT2D eigenvalue weighted by molar-refractivity contribution is 0.135. The van der Waals surface area contributed by atoms with Crippen molar-refractivity contribution in [2.24, 2.45) is 0 Å². The van der Waals surface area contributed by atoms with E-state index in [2.05, 4.69) is 24.1 Å². The molecule has 2 amide bonds. The monoisotopic (exact) mass is 225 g/mol. The van der Waals surface area contributed by atoms with Crippen LogP contribution in [0, 0.1) is 0 Å². The summed E-state index contributed by atoms with van der Waals surface area (Å²) in [6, 6.07) is 1.08. The minimum atomic E-state index is 0.141. The molecule has 0 bridgehead atoms. The first-order chi connectivity index (χ1) is 7.66. The number of carbonyl (C=O) groups excluding carboxylic acids is 1. The molecular formula is C12H23N3O. The largest absolute Gasteiger partial charge is 0.334 e. The van der Waals surface area contributed by atoms with E-state index in [1.807, 2.05) is 4.90 Å². The summed E-state index contributed by atoms with van der Waals surface area (Å²) in [4.78, 5) is 16.1. The first-order valence-electron chi connectivity index (χ1n) is 6.46. The molecule has 2 aliphatic heterocycles. The number of hydrogen-bond acceptors (Lipinski definition) is 2. The number of carbonyl (C=O) groups is 1. The highest BCUT2D eigenvalue weighted by molar-refractivity contribution is 5.75. The normalized spacial score (nSPS) is 26.7. The van der Waals surface area contributed by atoms with Gasteiger partial charge in [-0.3, -0.25) is 4.90 Å². The Morgan fingerprint density at radius 3 is 2.56 bits per heavy atom. The van der Waals surface area contributed by atoms with Crippen LogP contribution in [-0.2, 0) is 0 Å². The molecule has 2 heterocycles. The SMILES string of the molecule is CC(C)N1CCCC(NC(=O)N2CCC2)C1. The average Bonchev–Trinajstić information content (AvgIpc) is 2.15. The quantitative estimate of drug-likeness (QED) is 0.768. The van der Waals surface area contributed by atoms with Gasteiger partial charge in [0, 0.05) is 31.7 Å². The third kappa shape index (κ3) is 2.67. The lowest BCUT2D eigenvalue weighted by Crippen LogP contribution is -2.55. The number of rotatable bonds is 2. The molecule has 0 radical (unpaired) electrons. The Morgan fingerprint density at radius 1 is 1.25 bits per heavy atom. The zero-order chi connectivity index (χ0) is 11.5. The van der Waals surface area contributed by atoms with Crippen molar-refractivity contribution in [2.45, 2.75) is 45.2 Å². The number of hydrogen-bond donors (Lipinski definition) is 1. The van der Waals surface area contributed by atoms with Crippen molar-refractivity contribution >= 4 is 6.03 Å². The Morgan fingerprint density at radius 2 is 2.00 bits per heavy atom. The molecule has 16 heavy (non-hydrogen) atoms. The van der Waals surface area contributed by atoms with Gasteiger partial charge in [0.2, 0.25) is 0 Å². The third-order valence-corrected chi connectivity index (χ3v) is 3.65. The molecule has 2 rings (SSSR count). The van der Waals surface area contributed by atoms with E-state index in [-0.39, 0.29) is 6.03 Å². The van der Waals surface area contributed by atoms with Crippen LogP contribution in [0.15, 0.2) is 0 Å². The summed E-state index contributed by atoms with van der Waals surface area (Å²) in [7, 11) is 0. The van der Waals surface area contributed by atoms with Crippen molar-refractivity contribution in [1.29, 1.82) is 0 Å². The van der Waals surface area contributed by atoms with Crippen molar-refractivity contribution in [2.75, 3.05) is 26.2 Å². The summed E-state index contributed by atoms with van der Waals surface area (Å²) in [6.45, 7) is 8.50. The zero-order valence-electron chi connectivity index (χ0n) is 10.4. The molecule has 1 N–H and O–H groups in total. The number of nitrogens with zero attached hydrogens (tertiary/aromatic N) is 2. The number of urea groups is 1. The summed E-state index contributed by atoms with van der Waals surface area (Å²) in [5.41, 5.74) is 0. The van der Waals surface area contributed by atoms with E-state index in [0.717, 1.165) is 32.5 Å². The number of nitrogens with one attached hydrogen (secondary N) is 1. The van der Waals surface area contributed by atoms with Gasteiger partial charge in [0.1, 0.15) is 0 Å². The van der Waals surface area contributed by atoms with Crippen LogP contribution >= 0.6 is 0 Å². The lowest BCUT2D eigenvalue weighted by Gasteiger charge is -2.38. The van der Waals surface area contributed by atoms with Gasteiger partial charge < -0.3 is 10.2 Å². The van der Waals surface area contributed by atoms with Crippen LogP contribution in [0.4, 0.5) is 4.79 Å². The minimum absolute atomic E-state index is 0.141. The van der Waals surface area contributed by atoms with E-state index in [1.54, 1.807) is 0 Å². The Kier molecular flexibility index (Phi) is 3.69. The van der Waals surface area contributed by atoms with E-state index in [1.165, 1.54) is 13.0 Å². The number of likely N-dealkylation sites (tertiary alicyclic amines) is 2. The molecule has 2 aliphatic rings. The van der Waals surface area contributed by atoms with E-state index >= 15 is 0 Å². The third-order valence-electron chi connectivity index (χ3n) is 3.65. The molecular weight excluding hydrogens is 202 g/mol. The second kappa shape index (κ2) is 5.04. The Labute approximate surface area is 98.0 Å². The van der Waals surface area contributed by atoms with Crippen molar-refractivity contribution in [3.05, 3.63) is 0 Å². The molecule has 2 fully saturated rings. The standard InChI is InChI=1S/C12H23N3O/c1-10(2)15-6-3-5-11(9-15)13-12(16)14-7-4-8-14/h10-11H,3-9H2,1-2H3,(H,13,16). The molecule has 0 aromatic carbocycles. The summed E-state index contributed by atoms with van der Waals surface area (Å²) in [5.74, 6) is 0. The van der Waals surface area contributed by atoms with Crippen molar-refractivity contribution in [3.8, 4) is 0 Å². The van der Waals surface area contributed by atoms with Gasteiger partial charge in [-0.25, -0.2) is 4.79 Å². The van der Waals surface area contributed by atoms with E-state index < -0.39 is 0 Å². The number of piperidine rings is 1.